The van der Waals surface area contributed by atoms with E-state index in [-0.39, 0.29) is 5.97 Å². The molecule has 3 rings (SSSR count). The maximum Gasteiger partial charge on any atom is 0.333 e. The molecule has 1 heterocycles. The predicted molar refractivity (Wildman–Crippen MR) is 85.2 cm³/mol. The Bertz CT molecular complexity index is 715. The third kappa shape index (κ3) is 2.76. The lowest BCUT2D eigenvalue weighted by molar-refractivity contribution is -0.136. The summed E-state index contributed by atoms with van der Waals surface area (Å²) in [6, 6.07) is 6.38. The van der Waals surface area contributed by atoms with E-state index >= 15 is 0 Å². The quantitative estimate of drug-likeness (QED) is 0.808. The third-order valence-corrected chi connectivity index (χ3v) is 4.69. The molecule has 1 aliphatic rings. The highest BCUT2D eigenvalue weighted by molar-refractivity contribution is 7.13. The minimum absolute atomic E-state index is 0.228. The maximum atomic E-state index is 11.7. The van der Waals surface area contributed by atoms with Gasteiger partial charge in [0.1, 0.15) is 5.01 Å². The second-order valence-electron chi connectivity index (χ2n) is 5.07. The molecule has 0 saturated heterocycles. The van der Waals surface area contributed by atoms with Gasteiger partial charge in [-0.15, -0.1) is 11.3 Å². The summed E-state index contributed by atoms with van der Waals surface area (Å²) in [6.07, 6.45) is 4.53. The van der Waals surface area contributed by atoms with Crippen molar-refractivity contribution >= 4 is 23.4 Å². The number of methoxy groups -OCH3 is 1. The van der Waals surface area contributed by atoms with Crippen LogP contribution in [0.3, 0.4) is 0 Å². The Morgan fingerprint density at radius 1 is 1.38 bits per heavy atom. The molecule has 0 radical (unpaired) electrons. The number of rotatable bonds is 3. The van der Waals surface area contributed by atoms with E-state index in [0.717, 1.165) is 46.7 Å². The van der Waals surface area contributed by atoms with E-state index in [1.54, 1.807) is 11.3 Å². The summed E-state index contributed by atoms with van der Waals surface area (Å²) in [6.45, 7) is 2.11. The van der Waals surface area contributed by atoms with Crippen molar-refractivity contribution in [1.29, 1.82) is 0 Å². The summed E-state index contributed by atoms with van der Waals surface area (Å²) >= 11 is 1.67. The van der Waals surface area contributed by atoms with Crippen LogP contribution in [0.25, 0.3) is 16.6 Å². The fraction of sp³-hybridized carbons (Fsp3) is 0.294. The topological polar surface area (TPSA) is 39.2 Å². The molecule has 1 aliphatic carbocycles. The highest BCUT2D eigenvalue weighted by Gasteiger charge is 2.17. The molecule has 1 aromatic heterocycles. The normalized spacial score (nSPS) is 13.5. The molecular weight excluding hydrogens is 282 g/mol. The van der Waals surface area contributed by atoms with E-state index in [9.17, 15) is 4.79 Å². The maximum absolute atomic E-state index is 11.7. The van der Waals surface area contributed by atoms with Gasteiger partial charge in [-0.3, -0.25) is 0 Å². The number of esters is 1. The molecule has 3 nitrogen and oxygen atoms in total. The van der Waals surface area contributed by atoms with E-state index in [4.69, 9.17) is 4.74 Å². The lowest BCUT2D eigenvalue weighted by atomic mass is 9.91. The lowest BCUT2D eigenvalue weighted by Crippen LogP contribution is -2.09. The molecule has 0 saturated carbocycles. The fourth-order valence-corrected chi connectivity index (χ4v) is 3.41. The fourth-order valence-electron chi connectivity index (χ4n) is 2.51. The van der Waals surface area contributed by atoms with Crippen LogP contribution in [0.1, 0.15) is 30.2 Å². The van der Waals surface area contributed by atoms with Gasteiger partial charge in [-0.2, -0.15) is 0 Å². The zero-order chi connectivity index (χ0) is 14.8. The van der Waals surface area contributed by atoms with Crippen LogP contribution < -0.4 is 0 Å². The Labute approximate surface area is 128 Å². The number of hydrogen-bond acceptors (Lipinski definition) is 4. The molecule has 0 fully saturated rings. The van der Waals surface area contributed by atoms with Gasteiger partial charge in [0.15, 0.2) is 0 Å². The zero-order valence-electron chi connectivity index (χ0n) is 12.2. The van der Waals surface area contributed by atoms with Crippen LogP contribution in [0, 0.1) is 0 Å². The van der Waals surface area contributed by atoms with Crippen molar-refractivity contribution in [3.05, 3.63) is 46.0 Å². The molecule has 21 heavy (non-hydrogen) atoms. The Morgan fingerprint density at radius 3 is 2.95 bits per heavy atom. The summed E-state index contributed by atoms with van der Waals surface area (Å²) in [5.74, 6) is -0.228. The number of benzene rings is 1. The summed E-state index contributed by atoms with van der Waals surface area (Å²) in [5, 5.41) is 3.14. The van der Waals surface area contributed by atoms with E-state index < -0.39 is 0 Å². The smallest absolute Gasteiger partial charge is 0.333 e. The molecule has 0 amide bonds. The number of fused-ring (bicyclic) bond motifs is 1. The minimum Gasteiger partial charge on any atom is -0.466 e. The Hall–Kier alpha value is -1.94. The van der Waals surface area contributed by atoms with Crippen LogP contribution in [-0.2, 0) is 22.4 Å². The standard InChI is InChI=1S/C17H17NO2S/c1-3-15-10-21-16(18-15)12-6-4-11-5-7-13(17(19)20-2)9-14(11)8-12/h4,6,8-10H,3,5,7H2,1-2H3. The SMILES string of the molecule is CCc1csc(-c2ccc3c(c2)C=C(C(=O)OC)CC3)n1. The summed E-state index contributed by atoms with van der Waals surface area (Å²) in [7, 11) is 1.43. The second-order valence-corrected chi connectivity index (χ2v) is 5.93. The Morgan fingerprint density at radius 2 is 2.24 bits per heavy atom. The highest BCUT2D eigenvalue weighted by Crippen LogP contribution is 2.30. The molecular formula is C17H17NO2S. The summed E-state index contributed by atoms with van der Waals surface area (Å²) < 4.78 is 4.82. The van der Waals surface area contributed by atoms with Gasteiger partial charge in [-0.05, 0) is 42.5 Å². The first-order valence-electron chi connectivity index (χ1n) is 7.08. The number of hydrogen-bond donors (Lipinski definition) is 0. The minimum atomic E-state index is -0.228. The molecule has 108 valence electrons. The number of carbonyl (C=O) groups excluding carboxylic acids is 1. The number of nitrogens with zero attached hydrogens (tertiary/aromatic N) is 1. The van der Waals surface area contributed by atoms with Gasteiger partial charge in [-0.25, -0.2) is 9.78 Å². The molecule has 0 aliphatic heterocycles. The van der Waals surface area contributed by atoms with Gasteiger partial charge >= 0.3 is 5.97 Å². The van der Waals surface area contributed by atoms with Crippen molar-refractivity contribution in [2.45, 2.75) is 26.2 Å². The van der Waals surface area contributed by atoms with Gasteiger partial charge in [0.25, 0.3) is 0 Å². The predicted octanol–water partition coefficient (Wildman–Crippen LogP) is 3.88. The van der Waals surface area contributed by atoms with Crippen LogP contribution in [0.4, 0.5) is 0 Å². The van der Waals surface area contributed by atoms with Crippen LogP contribution in [0.15, 0.2) is 29.2 Å². The first-order valence-corrected chi connectivity index (χ1v) is 7.96. The van der Waals surface area contributed by atoms with Gasteiger partial charge < -0.3 is 4.74 Å². The summed E-state index contributed by atoms with van der Waals surface area (Å²) in [4.78, 5) is 16.3. The molecule has 0 N–H and O–H groups in total. The van der Waals surface area contributed by atoms with Crippen LogP contribution in [0.5, 0.6) is 0 Å². The van der Waals surface area contributed by atoms with Crippen molar-refractivity contribution in [2.24, 2.45) is 0 Å². The average Bonchev–Trinajstić information content (AvgIpc) is 3.02. The molecule has 1 aromatic carbocycles. The van der Waals surface area contributed by atoms with E-state index in [1.165, 1.54) is 12.7 Å². The zero-order valence-corrected chi connectivity index (χ0v) is 13.0. The van der Waals surface area contributed by atoms with Crippen molar-refractivity contribution in [3.63, 3.8) is 0 Å². The molecule has 0 bridgehead atoms. The number of carbonyl (C=O) groups is 1. The monoisotopic (exact) mass is 299 g/mol. The van der Waals surface area contributed by atoms with Crippen molar-refractivity contribution < 1.29 is 9.53 Å². The first-order chi connectivity index (χ1) is 10.2. The number of ether oxygens (including phenoxy) is 1. The summed E-state index contributed by atoms with van der Waals surface area (Å²) in [5.41, 5.74) is 5.36. The lowest BCUT2D eigenvalue weighted by Gasteiger charge is -2.15. The van der Waals surface area contributed by atoms with Crippen LogP contribution in [-0.4, -0.2) is 18.1 Å². The largest absolute Gasteiger partial charge is 0.466 e. The molecule has 4 heteroatoms. The van der Waals surface area contributed by atoms with Crippen molar-refractivity contribution in [1.82, 2.24) is 4.98 Å². The van der Waals surface area contributed by atoms with Crippen molar-refractivity contribution in [2.75, 3.05) is 7.11 Å². The van der Waals surface area contributed by atoms with E-state index in [2.05, 4.69) is 35.5 Å². The molecule has 0 atom stereocenters. The van der Waals surface area contributed by atoms with E-state index in [1.807, 2.05) is 6.08 Å². The first kappa shape index (κ1) is 14.0. The molecule has 0 spiro atoms. The van der Waals surface area contributed by atoms with Gasteiger partial charge in [0, 0.05) is 16.5 Å². The number of aromatic nitrogens is 1. The van der Waals surface area contributed by atoms with Gasteiger partial charge in [0.05, 0.1) is 12.8 Å². The average molecular weight is 299 g/mol. The van der Waals surface area contributed by atoms with Crippen LogP contribution in [0.2, 0.25) is 0 Å². The van der Waals surface area contributed by atoms with E-state index in [0.29, 0.717) is 0 Å². The number of thiazole rings is 1. The van der Waals surface area contributed by atoms with Gasteiger partial charge in [-0.1, -0.05) is 19.1 Å². The Balaban J connectivity index is 1.98. The number of aryl methyl sites for hydroxylation is 2. The second kappa shape index (κ2) is 5.82. The van der Waals surface area contributed by atoms with Crippen LogP contribution >= 0.6 is 11.3 Å². The Kier molecular flexibility index (Phi) is 3.88. The third-order valence-electron chi connectivity index (χ3n) is 3.75. The van der Waals surface area contributed by atoms with Crippen molar-refractivity contribution in [3.8, 4) is 10.6 Å². The highest BCUT2D eigenvalue weighted by atomic mass is 32.1. The molecule has 0 unspecified atom stereocenters. The van der Waals surface area contributed by atoms with Gasteiger partial charge in [0.2, 0.25) is 0 Å². The molecule has 2 aromatic rings.